The van der Waals surface area contributed by atoms with Gasteiger partial charge in [0, 0.05) is 28.5 Å². The van der Waals surface area contributed by atoms with Crippen LogP contribution < -0.4 is 5.63 Å². The summed E-state index contributed by atoms with van der Waals surface area (Å²) < 4.78 is 6.14. The molecule has 0 bridgehead atoms. The third kappa shape index (κ3) is 2.66. The summed E-state index contributed by atoms with van der Waals surface area (Å²) in [5.74, 6) is 0. The van der Waals surface area contributed by atoms with Crippen molar-refractivity contribution in [1.29, 1.82) is 0 Å². The molecule has 0 spiro atoms. The molecular weight excluding hydrogens is 322 g/mol. The second-order valence-corrected chi connectivity index (χ2v) is 6.10. The number of aliphatic hydroxyl groups is 1. The highest BCUT2D eigenvalue weighted by atomic mass is 79.9. The lowest BCUT2D eigenvalue weighted by Crippen LogP contribution is -2.31. The lowest BCUT2D eigenvalue weighted by atomic mass is 10.1. The number of hydrogen-bond acceptors (Lipinski definition) is 4. The lowest BCUT2D eigenvalue weighted by Gasteiger charge is -2.23. The predicted octanol–water partition coefficient (Wildman–Crippen LogP) is 2.51. The minimum Gasteiger partial charge on any atom is -0.423 e. The van der Waals surface area contributed by atoms with Crippen LogP contribution in [-0.4, -0.2) is 29.2 Å². The number of rotatable bonds is 3. The van der Waals surface area contributed by atoms with Gasteiger partial charge in [-0.3, -0.25) is 4.90 Å². The maximum absolute atomic E-state index is 11.7. The fourth-order valence-electron chi connectivity index (χ4n) is 2.86. The van der Waals surface area contributed by atoms with E-state index in [9.17, 15) is 9.90 Å². The fraction of sp³-hybridized carbons (Fsp3) is 0.400. The number of benzene rings is 1. The van der Waals surface area contributed by atoms with Crippen molar-refractivity contribution in [3.63, 3.8) is 0 Å². The molecule has 1 atom stereocenters. The highest BCUT2D eigenvalue weighted by Gasteiger charge is 2.24. The molecule has 1 aromatic carbocycles. The summed E-state index contributed by atoms with van der Waals surface area (Å²) in [6.07, 6.45) is 2.11. The predicted molar refractivity (Wildman–Crippen MR) is 80.7 cm³/mol. The van der Waals surface area contributed by atoms with Crippen molar-refractivity contribution in [3.8, 4) is 0 Å². The van der Waals surface area contributed by atoms with Crippen LogP contribution in [0.2, 0.25) is 0 Å². The number of fused-ring (bicyclic) bond motifs is 1. The largest absolute Gasteiger partial charge is 0.423 e. The summed E-state index contributed by atoms with van der Waals surface area (Å²) in [5, 5.41) is 10.3. The molecule has 0 aliphatic carbocycles. The molecule has 5 heteroatoms. The summed E-state index contributed by atoms with van der Waals surface area (Å²) in [6.45, 7) is 1.81. The Labute approximate surface area is 125 Å². The number of aliphatic hydroxyl groups excluding tert-OH is 1. The molecule has 2 aromatic rings. The van der Waals surface area contributed by atoms with Gasteiger partial charge in [0.05, 0.1) is 6.61 Å². The van der Waals surface area contributed by atoms with Gasteiger partial charge in [-0.2, -0.15) is 0 Å². The number of halogens is 1. The van der Waals surface area contributed by atoms with Crippen molar-refractivity contribution >= 4 is 26.9 Å². The summed E-state index contributed by atoms with van der Waals surface area (Å²) in [4.78, 5) is 13.9. The average molecular weight is 338 g/mol. The average Bonchev–Trinajstić information content (AvgIpc) is 2.85. The molecule has 106 valence electrons. The summed E-state index contributed by atoms with van der Waals surface area (Å²) in [7, 11) is 0. The van der Waals surface area contributed by atoms with E-state index >= 15 is 0 Å². The first-order chi connectivity index (χ1) is 9.67. The molecule has 1 aromatic heterocycles. The summed E-state index contributed by atoms with van der Waals surface area (Å²) in [6, 6.07) is 7.48. The minimum atomic E-state index is -0.328. The molecule has 1 fully saturated rings. The molecule has 1 saturated heterocycles. The van der Waals surface area contributed by atoms with Gasteiger partial charge in [-0.25, -0.2) is 4.79 Å². The van der Waals surface area contributed by atoms with Crippen LogP contribution in [0.1, 0.15) is 18.4 Å². The molecule has 2 heterocycles. The van der Waals surface area contributed by atoms with Gasteiger partial charge in [0.25, 0.3) is 0 Å². The zero-order valence-electron chi connectivity index (χ0n) is 11.0. The molecule has 1 aliphatic heterocycles. The van der Waals surface area contributed by atoms with Crippen molar-refractivity contribution in [2.24, 2.45) is 0 Å². The number of hydrogen-bond donors (Lipinski definition) is 1. The normalized spacial score (nSPS) is 19.8. The molecule has 0 saturated carbocycles. The van der Waals surface area contributed by atoms with Gasteiger partial charge in [-0.15, -0.1) is 0 Å². The van der Waals surface area contributed by atoms with Crippen molar-refractivity contribution in [2.45, 2.75) is 25.4 Å². The van der Waals surface area contributed by atoms with Crippen LogP contribution in [0.5, 0.6) is 0 Å². The third-order valence-corrected chi connectivity index (χ3v) is 4.37. The third-order valence-electron chi connectivity index (χ3n) is 3.88. The molecule has 0 radical (unpaired) electrons. The van der Waals surface area contributed by atoms with Crippen LogP contribution in [0.15, 0.2) is 37.9 Å². The van der Waals surface area contributed by atoms with Crippen LogP contribution in [-0.2, 0) is 6.54 Å². The first kappa shape index (κ1) is 13.8. The number of nitrogens with zero attached hydrogens (tertiary/aromatic N) is 1. The minimum absolute atomic E-state index is 0.172. The molecule has 3 rings (SSSR count). The van der Waals surface area contributed by atoms with E-state index in [2.05, 4.69) is 20.8 Å². The van der Waals surface area contributed by atoms with E-state index in [0.717, 1.165) is 34.8 Å². The Hall–Kier alpha value is -1.17. The Balaban J connectivity index is 2.00. The van der Waals surface area contributed by atoms with E-state index in [-0.39, 0.29) is 18.3 Å². The van der Waals surface area contributed by atoms with E-state index in [1.807, 2.05) is 18.2 Å². The molecule has 1 unspecified atom stereocenters. The number of likely N-dealkylation sites (tertiary alicyclic amines) is 1. The Bertz CT molecular complexity index is 682. The molecule has 20 heavy (non-hydrogen) atoms. The molecule has 1 aliphatic rings. The molecule has 1 N–H and O–H groups in total. The standard InChI is InChI=1S/C15H16BrNO3/c16-11-3-4-13-10(6-15(19)20-14(13)7-11)8-17-5-1-2-12(17)9-18/h3-4,6-7,12,18H,1-2,5,8-9H2. The van der Waals surface area contributed by atoms with Gasteiger partial charge in [-0.05, 0) is 43.1 Å². The summed E-state index contributed by atoms with van der Waals surface area (Å²) >= 11 is 3.38. The van der Waals surface area contributed by atoms with E-state index in [4.69, 9.17) is 4.42 Å². The Morgan fingerprint density at radius 2 is 2.25 bits per heavy atom. The van der Waals surface area contributed by atoms with Crippen molar-refractivity contribution in [3.05, 3.63) is 44.7 Å². The van der Waals surface area contributed by atoms with Gasteiger partial charge in [-0.1, -0.05) is 15.9 Å². The maximum Gasteiger partial charge on any atom is 0.336 e. The van der Waals surface area contributed by atoms with Crippen LogP contribution in [0, 0.1) is 0 Å². The summed E-state index contributed by atoms with van der Waals surface area (Å²) in [5.41, 5.74) is 1.23. The highest BCUT2D eigenvalue weighted by Crippen LogP contribution is 2.25. The SMILES string of the molecule is O=c1cc(CN2CCCC2CO)c2ccc(Br)cc2o1. The maximum atomic E-state index is 11.7. The van der Waals surface area contributed by atoms with Crippen LogP contribution in [0.4, 0.5) is 0 Å². The van der Waals surface area contributed by atoms with Crippen molar-refractivity contribution < 1.29 is 9.52 Å². The smallest absolute Gasteiger partial charge is 0.336 e. The zero-order chi connectivity index (χ0) is 14.1. The Morgan fingerprint density at radius 1 is 1.40 bits per heavy atom. The second kappa shape index (κ2) is 5.68. The van der Waals surface area contributed by atoms with Gasteiger partial charge < -0.3 is 9.52 Å². The van der Waals surface area contributed by atoms with Gasteiger partial charge in [0.15, 0.2) is 0 Å². The Kier molecular flexibility index (Phi) is 3.92. The first-order valence-corrected chi connectivity index (χ1v) is 7.54. The molecule has 0 amide bonds. The highest BCUT2D eigenvalue weighted by molar-refractivity contribution is 9.10. The Morgan fingerprint density at radius 3 is 3.05 bits per heavy atom. The van der Waals surface area contributed by atoms with E-state index in [1.165, 1.54) is 0 Å². The second-order valence-electron chi connectivity index (χ2n) is 5.18. The van der Waals surface area contributed by atoms with Gasteiger partial charge >= 0.3 is 5.63 Å². The van der Waals surface area contributed by atoms with Crippen molar-refractivity contribution in [1.82, 2.24) is 4.90 Å². The van der Waals surface area contributed by atoms with Crippen LogP contribution in [0.3, 0.4) is 0 Å². The monoisotopic (exact) mass is 337 g/mol. The van der Waals surface area contributed by atoms with Gasteiger partial charge in [0.1, 0.15) is 5.58 Å². The fourth-order valence-corrected chi connectivity index (χ4v) is 3.20. The van der Waals surface area contributed by atoms with E-state index in [0.29, 0.717) is 12.1 Å². The van der Waals surface area contributed by atoms with E-state index in [1.54, 1.807) is 6.07 Å². The topological polar surface area (TPSA) is 53.7 Å². The van der Waals surface area contributed by atoms with Crippen LogP contribution >= 0.6 is 15.9 Å². The van der Waals surface area contributed by atoms with Gasteiger partial charge in [0.2, 0.25) is 0 Å². The van der Waals surface area contributed by atoms with E-state index < -0.39 is 0 Å². The lowest BCUT2D eigenvalue weighted by molar-refractivity contribution is 0.154. The zero-order valence-corrected chi connectivity index (χ0v) is 12.6. The van der Waals surface area contributed by atoms with Crippen molar-refractivity contribution in [2.75, 3.05) is 13.2 Å². The van der Waals surface area contributed by atoms with Crippen LogP contribution in [0.25, 0.3) is 11.0 Å². The quantitative estimate of drug-likeness (QED) is 0.874. The first-order valence-electron chi connectivity index (χ1n) is 6.74. The molecule has 4 nitrogen and oxygen atoms in total. The molecular formula is C15H16BrNO3.